The lowest BCUT2D eigenvalue weighted by Crippen LogP contribution is -1.88. The largest absolute Gasteiger partial charge is 0.0622 e. The van der Waals surface area contributed by atoms with E-state index in [0.29, 0.717) is 0 Å². The summed E-state index contributed by atoms with van der Waals surface area (Å²) < 4.78 is 0. The van der Waals surface area contributed by atoms with E-state index in [9.17, 15) is 0 Å². The fraction of sp³-hybridized carbons (Fsp3) is 0.0459. The van der Waals surface area contributed by atoms with Crippen LogP contribution in [0.4, 0.5) is 0 Å². The summed E-state index contributed by atoms with van der Waals surface area (Å²) in [7, 11) is 0. The first-order valence-corrected chi connectivity index (χ1v) is 37.9. The third-order valence-electron chi connectivity index (χ3n) is 20.5. The van der Waals surface area contributed by atoms with Crippen molar-refractivity contribution >= 4 is 86.2 Å². The van der Waals surface area contributed by atoms with Crippen molar-refractivity contribution in [3.63, 3.8) is 0 Å². The zero-order valence-corrected chi connectivity index (χ0v) is 61.8. The van der Waals surface area contributed by atoms with Crippen molar-refractivity contribution in [2.24, 2.45) is 0 Å². The molecule has 0 radical (unpaired) electrons. The van der Waals surface area contributed by atoms with Crippen LogP contribution in [0.15, 0.2) is 449 Å². The van der Waals surface area contributed by atoms with Gasteiger partial charge in [-0.25, -0.2) is 0 Å². The predicted molar refractivity (Wildman–Crippen MR) is 472 cm³/mol. The quantitative estimate of drug-likeness (QED) is 0.122. The number of hydrogen-bond acceptors (Lipinski definition) is 0. The maximum absolute atomic E-state index is 2.28. The second-order valence-electron chi connectivity index (χ2n) is 27.9. The average molecular weight is 1400 g/mol. The lowest BCUT2D eigenvalue weighted by atomic mass is 9.95. The molecule has 0 atom stereocenters. The van der Waals surface area contributed by atoms with Crippen LogP contribution in [-0.4, -0.2) is 0 Å². The van der Waals surface area contributed by atoms with Crippen LogP contribution in [0.25, 0.3) is 120 Å². The average Bonchev–Trinajstić information content (AvgIpc) is 1.64. The van der Waals surface area contributed by atoms with Gasteiger partial charge < -0.3 is 0 Å². The molecule has 20 aromatic carbocycles. The van der Waals surface area contributed by atoms with Crippen molar-refractivity contribution in [1.82, 2.24) is 0 Å². The summed E-state index contributed by atoms with van der Waals surface area (Å²) in [6, 6.07) is 158. The van der Waals surface area contributed by atoms with E-state index in [-0.39, 0.29) is 0 Å². The van der Waals surface area contributed by atoms with Gasteiger partial charge in [-0.05, 0) is 198 Å². The molecule has 0 heterocycles. The monoisotopic (exact) mass is 1390 g/mol. The van der Waals surface area contributed by atoms with Crippen molar-refractivity contribution in [2.75, 3.05) is 0 Å². The van der Waals surface area contributed by atoms with Crippen molar-refractivity contribution in [1.29, 1.82) is 0 Å². The minimum Gasteiger partial charge on any atom is -0.0622 e. The molecule has 0 aromatic heterocycles. The minimum atomic E-state index is 0.988. The van der Waals surface area contributed by atoms with Crippen molar-refractivity contribution in [3.8, 4) is 33.4 Å². The number of hydrogen-bond donors (Lipinski definition) is 0. The van der Waals surface area contributed by atoms with Crippen LogP contribution in [0.3, 0.4) is 0 Å². The fourth-order valence-corrected chi connectivity index (χ4v) is 14.9. The van der Waals surface area contributed by atoms with Gasteiger partial charge in [-0.1, -0.05) is 448 Å². The van der Waals surface area contributed by atoms with Gasteiger partial charge in [0, 0.05) is 0 Å². The first kappa shape index (κ1) is 71.1. The zero-order chi connectivity index (χ0) is 73.8. The van der Waals surface area contributed by atoms with Gasteiger partial charge in [0.2, 0.25) is 0 Å². The molecule has 0 bridgehead atoms. The van der Waals surface area contributed by atoms with Crippen LogP contribution >= 0.6 is 0 Å². The first-order chi connectivity index (χ1) is 53.9. The number of rotatable bonds is 3. The Hall–Kier alpha value is -13.5. The first-order valence-electron chi connectivity index (χ1n) is 37.9. The van der Waals surface area contributed by atoms with E-state index in [4.69, 9.17) is 0 Å². The second-order valence-corrected chi connectivity index (χ2v) is 27.9. The van der Waals surface area contributed by atoms with E-state index in [1.165, 1.54) is 164 Å². The zero-order valence-electron chi connectivity index (χ0n) is 61.8. The molecule has 0 saturated carbocycles. The molecule has 522 valence electrons. The Morgan fingerprint density at radius 1 is 0.165 bits per heavy atom. The molecule has 0 heteroatoms. The molecular formula is C109H86. The maximum Gasteiger partial charge on any atom is -0.00135 e. The number of fused-ring (bicyclic) bond motifs is 18. The predicted octanol–water partition coefficient (Wildman–Crippen LogP) is 29.7. The molecule has 0 unspecified atom stereocenters. The molecule has 22 rings (SSSR count). The highest BCUT2D eigenvalue weighted by Gasteiger charge is 2.17. The molecule has 0 spiro atoms. The van der Waals surface area contributed by atoms with E-state index in [2.05, 4.69) is 463 Å². The summed E-state index contributed by atoms with van der Waals surface area (Å²) in [5, 5.41) is 21.2. The van der Waals surface area contributed by atoms with Crippen LogP contribution in [0.5, 0.6) is 0 Å². The topological polar surface area (TPSA) is 0 Å². The normalized spacial score (nSPS) is 11.0. The number of aryl methyl sites for hydroxylation is 2. The fourth-order valence-electron chi connectivity index (χ4n) is 14.9. The van der Waals surface area contributed by atoms with Crippen LogP contribution in [0.2, 0.25) is 0 Å². The SMILES string of the molecule is Cc1ccc(C)cc1.c1ccc(Cc2cccc(-c3ccccc3)c2)cc1.c1ccc2c(c1)Cc1ccccc1-2.c1ccc2c(c1)Cc1ccccc1-2.c1ccc2c(c1)c1ccccc1c1ccccc21.c1ccc2c(c1)ccc1ccccc12.c1ccc2cc3ccccc3cc2c1.c1ccc2ccccc2c1. The van der Waals surface area contributed by atoms with Crippen molar-refractivity contribution in [2.45, 2.75) is 33.1 Å². The summed E-state index contributed by atoms with van der Waals surface area (Å²) in [4.78, 5) is 0. The Kier molecular flexibility index (Phi) is 22.9. The Labute approximate surface area is 641 Å². The molecule has 2 aliphatic rings. The van der Waals surface area contributed by atoms with Gasteiger partial charge in [-0.15, -0.1) is 0 Å². The van der Waals surface area contributed by atoms with Crippen molar-refractivity contribution in [3.05, 3.63) is 493 Å². The van der Waals surface area contributed by atoms with E-state index in [1.54, 1.807) is 0 Å². The van der Waals surface area contributed by atoms with Gasteiger partial charge in [0.05, 0.1) is 0 Å². The van der Waals surface area contributed by atoms with E-state index >= 15 is 0 Å². The molecule has 109 heavy (non-hydrogen) atoms. The minimum absolute atomic E-state index is 0.988. The smallest absolute Gasteiger partial charge is 0.00135 e. The Morgan fingerprint density at radius 3 is 0.752 bits per heavy atom. The molecule has 0 saturated heterocycles. The Bertz CT molecular complexity index is 5750. The summed E-state index contributed by atoms with van der Waals surface area (Å²) in [5.41, 5.74) is 19.4. The lowest BCUT2D eigenvalue weighted by molar-refractivity contribution is 1.19. The summed E-state index contributed by atoms with van der Waals surface area (Å²) in [6.07, 6.45) is 3.19. The molecule has 0 N–H and O–H groups in total. The molecule has 0 fully saturated rings. The Balaban J connectivity index is 0.000000100. The van der Waals surface area contributed by atoms with Gasteiger partial charge in [-0.3, -0.25) is 0 Å². The molecule has 0 nitrogen and oxygen atoms in total. The molecule has 20 aromatic rings. The summed E-state index contributed by atoms with van der Waals surface area (Å²) >= 11 is 0. The highest BCUT2D eigenvalue weighted by molar-refractivity contribution is 6.25. The lowest BCUT2D eigenvalue weighted by Gasteiger charge is -2.09. The van der Waals surface area contributed by atoms with Gasteiger partial charge in [0.1, 0.15) is 0 Å². The van der Waals surface area contributed by atoms with E-state index in [1.807, 2.05) is 0 Å². The van der Waals surface area contributed by atoms with Crippen molar-refractivity contribution < 1.29 is 0 Å². The summed E-state index contributed by atoms with van der Waals surface area (Å²) in [6.45, 7) is 4.19. The van der Waals surface area contributed by atoms with Gasteiger partial charge in [-0.2, -0.15) is 0 Å². The van der Waals surface area contributed by atoms with Gasteiger partial charge in [0.15, 0.2) is 0 Å². The highest BCUT2D eigenvalue weighted by atomic mass is 14.2. The number of benzene rings is 20. The highest BCUT2D eigenvalue weighted by Crippen LogP contribution is 2.38. The van der Waals surface area contributed by atoms with Crippen LogP contribution in [-0.2, 0) is 19.3 Å². The molecular weight excluding hydrogens is 1310 g/mol. The van der Waals surface area contributed by atoms with Crippen LogP contribution < -0.4 is 0 Å². The third-order valence-corrected chi connectivity index (χ3v) is 20.5. The van der Waals surface area contributed by atoms with Gasteiger partial charge >= 0.3 is 0 Å². The maximum atomic E-state index is 2.28. The third kappa shape index (κ3) is 17.6. The standard InChI is InChI=1S/C19H16.C18H12.2C14H10.2C13H10.C10H8.C8H10/c1-3-8-16(9-4-1)14-17-10-7-13-19(15-17)18-11-5-2-6-12-18;1-2-8-14-13(7-1)15-9-3-4-11-17(15)18-12-6-5-10-16(14)18;1-3-7-13-11(5-1)9-10-12-6-2-4-8-14(12)13;1-2-6-12-10-14-8-4-3-7-13(14)9-11(12)5-1;2*1-3-7-12-10(5-1)9-11-6-2-4-8-13(11)12;1-2-6-10-8-4-3-7-9(10)5-1;1-7-3-5-8(2)6-4-7/h1-13,15H,14H2;1-12H;2*1-10H;2*1-8H,9H2;1-8H;3-6H,1-2H3. The second kappa shape index (κ2) is 35.0. The summed E-state index contributed by atoms with van der Waals surface area (Å²) in [5.74, 6) is 0. The van der Waals surface area contributed by atoms with Gasteiger partial charge in [0.25, 0.3) is 0 Å². The molecule has 0 amide bonds. The van der Waals surface area contributed by atoms with Crippen LogP contribution in [0.1, 0.15) is 44.5 Å². The molecule has 2 aliphatic carbocycles. The van der Waals surface area contributed by atoms with E-state index < -0.39 is 0 Å². The van der Waals surface area contributed by atoms with E-state index in [0.717, 1.165) is 19.3 Å². The Morgan fingerprint density at radius 2 is 0.413 bits per heavy atom. The molecule has 0 aliphatic heterocycles. The van der Waals surface area contributed by atoms with Crippen LogP contribution in [0, 0.1) is 13.8 Å².